The van der Waals surface area contributed by atoms with Gasteiger partial charge in [0.25, 0.3) is 0 Å². The van der Waals surface area contributed by atoms with E-state index in [4.69, 9.17) is 10.8 Å². The lowest BCUT2D eigenvalue weighted by Crippen LogP contribution is -2.50. The van der Waals surface area contributed by atoms with Crippen LogP contribution < -0.4 is 5.73 Å². The van der Waals surface area contributed by atoms with Crippen LogP contribution in [0.3, 0.4) is 0 Å². The Bertz CT molecular complexity index is 294. The van der Waals surface area contributed by atoms with Crippen LogP contribution in [0.5, 0.6) is 0 Å². The van der Waals surface area contributed by atoms with E-state index in [-0.39, 0.29) is 18.7 Å². The molecule has 0 aromatic heterocycles. The highest BCUT2D eigenvalue weighted by Gasteiger charge is 2.31. The van der Waals surface area contributed by atoms with Crippen molar-refractivity contribution in [2.24, 2.45) is 5.73 Å². The van der Waals surface area contributed by atoms with E-state index in [1.54, 1.807) is 11.8 Å². The van der Waals surface area contributed by atoms with E-state index in [1.165, 1.54) is 0 Å². The van der Waals surface area contributed by atoms with Gasteiger partial charge in [-0.05, 0) is 26.2 Å². The highest BCUT2D eigenvalue weighted by Crippen LogP contribution is 2.21. The number of hydrogen-bond acceptors (Lipinski definition) is 4. The van der Waals surface area contributed by atoms with Crippen LogP contribution in [0, 0.1) is 0 Å². The van der Waals surface area contributed by atoms with E-state index in [9.17, 15) is 14.7 Å². The Balaban J connectivity index is 2.40. The molecule has 0 aliphatic carbocycles. The van der Waals surface area contributed by atoms with Crippen LogP contribution >= 0.6 is 0 Å². The van der Waals surface area contributed by atoms with Gasteiger partial charge in [-0.1, -0.05) is 0 Å². The number of rotatable bonds is 4. The Kier molecular flexibility index (Phi) is 4.47. The first-order valence-corrected chi connectivity index (χ1v) is 5.80. The van der Waals surface area contributed by atoms with Crippen LogP contribution in [-0.4, -0.2) is 51.7 Å². The third kappa shape index (κ3) is 4.32. The maximum Gasteiger partial charge on any atom is 0.303 e. The fourth-order valence-corrected chi connectivity index (χ4v) is 1.85. The van der Waals surface area contributed by atoms with Gasteiger partial charge in [0.2, 0.25) is 5.91 Å². The lowest BCUT2D eigenvalue weighted by atomic mass is 9.93. The van der Waals surface area contributed by atoms with Crippen LogP contribution in [0.2, 0.25) is 0 Å². The fourth-order valence-electron chi connectivity index (χ4n) is 1.85. The minimum Gasteiger partial charge on any atom is -0.481 e. The van der Waals surface area contributed by atoms with Gasteiger partial charge in [-0.2, -0.15) is 0 Å². The van der Waals surface area contributed by atoms with Crippen LogP contribution in [0.4, 0.5) is 0 Å². The van der Waals surface area contributed by atoms with Crippen molar-refractivity contribution in [2.45, 2.75) is 44.2 Å². The van der Waals surface area contributed by atoms with Gasteiger partial charge >= 0.3 is 5.97 Å². The lowest BCUT2D eigenvalue weighted by Gasteiger charge is -2.36. The van der Waals surface area contributed by atoms with Gasteiger partial charge < -0.3 is 20.8 Å². The summed E-state index contributed by atoms with van der Waals surface area (Å²) in [4.78, 5) is 23.8. The number of carboxylic acid groups (broad SMARTS) is 1. The van der Waals surface area contributed by atoms with Gasteiger partial charge in [0, 0.05) is 19.5 Å². The van der Waals surface area contributed by atoms with Crippen LogP contribution in [0.1, 0.15) is 32.6 Å². The van der Waals surface area contributed by atoms with E-state index in [0.29, 0.717) is 25.9 Å². The van der Waals surface area contributed by atoms with Gasteiger partial charge in [-0.25, -0.2) is 0 Å². The molecule has 6 nitrogen and oxygen atoms in total. The van der Waals surface area contributed by atoms with Crippen molar-refractivity contribution in [1.82, 2.24) is 4.90 Å². The first-order valence-electron chi connectivity index (χ1n) is 5.80. The Labute approximate surface area is 100 Å². The Morgan fingerprint density at radius 2 is 1.94 bits per heavy atom. The van der Waals surface area contributed by atoms with Gasteiger partial charge in [0.1, 0.15) is 0 Å². The average Bonchev–Trinajstić information content (AvgIpc) is 2.25. The number of carbonyl (C=O) groups excluding carboxylic acids is 1. The predicted octanol–water partition coefficient (Wildman–Crippen LogP) is -0.448. The molecular weight excluding hydrogens is 224 g/mol. The second kappa shape index (κ2) is 5.46. The second-order valence-corrected chi connectivity index (χ2v) is 4.86. The number of carboxylic acids is 1. The number of amides is 1. The first-order chi connectivity index (χ1) is 7.82. The maximum atomic E-state index is 11.8. The molecule has 1 aliphatic heterocycles. The summed E-state index contributed by atoms with van der Waals surface area (Å²) in [7, 11) is 0. The summed E-state index contributed by atoms with van der Waals surface area (Å²) in [6.07, 6.45) is 1.12. The van der Waals surface area contributed by atoms with E-state index in [2.05, 4.69) is 0 Å². The van der Waals surface area contributed by atoms with Crippen molar-refractivity contribution in [1.29, 1.82) is 0 Å². The number of likely N-dealkylation sites (tertiary alicyclic amines) is 1. The van der Waals surface area contributed by atoms with Gasteiger partial charge in [0.05, 0.1) is 11.6 Å². The molecule has 1 amide bonds. The smallest absolute Gasteiger partial charge is 0.303 e. The Morgan fingerprint density at radius 1 is 1.41 bits per heavy atom. The SMILES string of the molecule is CC1(O)CCN(C(=O)C(N)CCC(=O)O)CC1. The molecule has 0 aromatic carbocycles. The van der Waals surface area contributed by atoms with Gasteiger partial charge in [0.15, 0.2) is 0 Å². The van der Waals surface area contributed by atoms with Crippen molar-refractivity contribution < 1.29 is 19.8 Å². The molecule has 0 bridgehead atoms. The normalized spacial score (nSPS) is 21.0. The third-order valence-electron chi connectivity index (χ3n) is 3.14. The van der Waals surface area contributed by atoms with E-state index in [1.807, 2.05) is 0 Å². The quantitative estimate of drug-likeness (QED) is 0.621. The summed E-state index contributed by atoms with van der Waals surface area (Å²) in [5.74, 6) is -1.17. The minimum absolute atomic E-state index is 0.0987. The van der Waals surface area contributed by atoms with Crippen molar-refractivity contribution in [3.63, 3.8) is 0 Å². The average molecular weight is 244 g/mol. The minimum atomic E-state index is -0.949. The van der Waals surface area contributed by atoms with Crippen LogP contribution in [0.15, 0.2) is 0 Å². The van der Waals surface area contributed by atoms with Gasteiger partial charge in [-0.15, -0.1) is 0 Å². The van der Waals surface area contributed by atoms with E-state index < -0.39 is 17.6 Å². The molecule has 1 rings (SSSR count). The molecule has 0 spiro atoms. The number of hydrogen-bond donors (Lipinski definition) is 3. The summed E-state index contributed by atoms with van der Waals surface area (Å²) in [6, 6.07) is -0.755. The molecule has 1 unspecified atom stereocenters. The Morgan fingerprint density at radius 3 is 2.41 bits per heavy atom. The highest BCUT2D eigenvalue weighted by molar-refractivity contribution is 5.82. The van der Waals surface area contributed by atoms with Crippen molar-refractivity contribution >= 4 is 11.9 Å². The van der Waals surface area contributed by atoms with Crippen molar-refractivity contribution in [3.05, 3.63) is 0 Å². The number of aliphatic carboxylic acids is 1. The summed E-state index contributed by atoms with van der Waals surface area (Å²) in [5.41, 5.74) is 4.94. The third-order valence-corrected chi connectivity index (χ3v) is 3.14. The number of carbonyl (C=O) groups is 2. The fraction of sp³-hybridized carbons (Fsp3) is 0.818. The molecule has 1 aliphatic rings. The molecule has 0 aromatic rings. The molecule has 1 saturated heterocycles. The molecule has 0 radical (unpaired) electrons. The number of nitrogens with two attached hydrogens (primary N) is 1. The molecule has 1 fully saturated rings. The molecule has 1 heterocycles. The zero-order chi connectivity index (χ0) is 13.1. The molecular formula is C11H20N2O4. The molecule has 6 heteroatoms. The van der Waals surface area contributed by atoms with E-state index >= 15 is 0 Å². The van der Waals surface area contributed by atoms with Crippen LogP contribution in [-0.2, 0) is 9.59 Å². The number of nitrogens with zero attached hydrogens (tertiary/aromatic N) is 1. The molecule has 1 atom stereocenters. The molecule has 0 saturated carbocycles. The van der Waals surface area contributed by atoms with Crippen molar-refractivity contribution in [3.8, 4) is 0 Å². The standard InChI is InChI=1S/C11H20N2O4/c1-11(17)4-6-13(7-5-11)10(16)8(12)2-3-9(14)15/h8,17H,2-7,12H2,1H3,(H,14,15). The zero-order valence-electron chi connectivity index (χ0n) is 10.1. The number of aliphatic hydroxyl groups is 1. The van der Waals surface area contributed by atoms with Crippen LogP contribution in [0.25, 0.3) is 0 Å². The molecule has 17 heavy (non-hydrogen) atoms. The lowest BCUT2D eigenvalue weighted by molar-refractivity contribution is -0.138. The van der Waals surface area contributed by atoms with Crippen molar-refractivity contribution in [2.75, 3.05) is 13.1 Å². The maximum absolute atomic E-state index is 11.8. The summed E-state index contributed by atoms with van der Waals surface area (Å²) in [5, 5.41) is 18.3. The molecule has 98 valence electrons. The summed E-state index contributed by atoms with van der Waals surface area (Å²) in [6.45, 7) is 2.71. The Hall–Kier alpha value is -1.14. The zero-order valence-corrected chi connectivity index (χ0v) is 10.1. The largest absolute Gasteiger partial charge is 0.481 e. The van der Waals surface area contributed by atoms with Gasteiger partial charge in [-0.3, -0.25) is 9.59 Å². The number of piperidine rings is 1. The molecule has 4 N–H and O–H groups in total. The summed E-state index contributed by atoms with van der Waals surface area (Å²) >= 11 is 0. The highest BCUT2D eigenvalue weighted by atomic mass is 16.4. The first kappa shape index (κ1) is 13.9. The monoisotopic (exact) mass is 244 g/mol. The predicted molar refractivity (Wildman–Crippen MR) is 61.3 cm³/mol. The van der Waals surface area contributed by atoms with E-state index in [0.717, 1.165) is 0 Å². The topological polar surface area (TPSA) is 104 Å². The summed E-state index contributed by atoms with van der Waals surface area (Å²) < 4.78 is 0. The second-order valence-electron chi connectivity index (χ2n) is 4.86.